The van der Waals surface area contributed by atoms with E-state index in [0.29, 0.717) is 11.3 Å². The van der Waals surface area contributed by atoms with E-state index < -0.39 is 10.8 Å². The lowest BCUT2D eigenvalue weighted by Gasteiger charge is -2.11. The molecule has 3 N–H and O–H groups in total. The van der Waals surface area contributed by atoms with Gasteiger partial charge in [-0.05, 0) is 65.4 Å². The predicted octanol–water partition coefficient (Wildman–Crippen LogP) is 3.80. The largest absolute Gasteiger partial charge is 0.355 e. The Morgan fingerprint density at radius 1 is 1.07 bits per heavy atom. The van der Waals surface area contributed by atoms with Crippen LogP contribution in [0.15, 0.2) is 54.9 Å². The van der Waals surface area contributed by atoms with Crippen LogP contribution in [0, 0.1) is 20.6 Å². The van der Waals surface area contributed by atoms with Crippen LogP contribution in [0.1, 0.15) is 15.9 Å². The van der Waals surface area contributed by atoms with Crippen molar-refractivity contribution in [1.82, 2.24) is 15.4 Å². The van der Waals surface area contributed by atoms with E-state index in [1.165, 1.54) is 6.33 Å². The lowest BCUT2D eigenvalue weighted by atomic mass is 10.1. The first-order valence-electron chi connectivity index (χ1n) is 8.09. The molecular weight excluding hydrogens is 475 g/mol. The summed E-state index contributed by atoms with van der Waals surface area (Å²) in [6.45, 7) is 1.80. The number of nitrogens with zero attached hydrogens (tertiary/aromatic N) is 3. The van der Waals surface area contributed by atoms with Crippen molar-refractivity contribution in [2.24, 2.45) is 0 Å². The van der Waals surface area contributed by atoms with Crippen LogP contribution in [-0.2, 0) is 0 Å². The number of carbonyl (C=O) groups is 1. The molecule has 0 aliphatic carbocycles. The number of carbonyl (C=O) groups excluding carboxylic acids is 1. The molecule has 9 nitrogen and oxygen atoms in total. The Morgan fingerprint density at radius 3 is 2.43 bits per heavy atom. The number of amides is 1. The first-order chi connectivity index (χ1) is 13.5. The average molecular weight is 490 g/mol. The van der Waals surface area contributed by atoms with Crippen LogP contribution in [0.25, 0.3) is 0 Å². The molecule has 28 heavy (non-hydrogen) atoms. The van der Waals surface area contributed by atoms with Crippen LogP contribution in [0.4, 0.5) is 23.0 Å². The van der Waals surface area contributed by atoms with Crippen LogP contribution in [0.2, 0.25) is 0 Å². The zero-order valence-electron chi connectivity index (χ0n) is 14.6. The number of nitrogens with one attached hydrogen (secondary N) is 3. The van der Waals surface area contributed by atoms with Crippen molar-refractivity contribution in [1.29, 1.82) is 0 Å². The van der Waals surface area contributed by atoms with Gasteiger partial charge in [-0.1, -0.05) is 18.2 Å². The summed E-state index contributed by atoms with van der Waals surface area (Å²) in [5.74, 6) is -0.554. The third-order valence-electron chi connectivity index (χ3n) is 3.80. The number of anilines is 3. The van der Waals surface area contributed by atoms with Crippen molar-refractivity contribution in [3.8, 4) is 0 Å². The Bertz CT molecular complexity index is 1030. The normalized spacial score (nSPS) is 10.2. The first kappa shape index (κ1) is 19.5. The van der Waals surface area contributed by atoms with Gasteiger partial charge >= 0.3 is 5.69 Å². The maximum absolute atomic E-state index is 12.3. The molecule has 0 fully saturated rings. The molecule has 142 valence electrons. The summed E-state index contributed by atoms with van der Waals surface area (Å²) in [4.78, 5) is 31.1. The number of rotatable bonds is 6. The van der Waals surface area contributed by atoms with Gasteiger partial charge in [-0.25, -0.2) is 9.97 Å². The van der Waals surface area contributed by atoms with E-state index in [2.05, 4.69) is 48.7 Å². The zero-order chi connectivity index (χ0) is 20.1. The van der Waals surface area contributed by atoms with Crippen molar-refractivity contribution >= 4 is 51.5 Å². The number of hydrogen-bond acceptors (Lipinski definition) is 7. The second-order valence-corrected chi connectivity index (χ2v) is 6.95. The standard InChI is InChI=1S/C18H15IN6O3/c1-11-4-2-3-5-14(11)18(26)24-23-17-15(25(27)28)16(20-10-21-17)22-13-8-6-12(19)7-9-13/h2-10H,1H3,(H,24,26)(H2,20,21,22,23). The highest BCUT2D eigenvalue weighted by molar-refractivity contribution is 14.1. The zero-order valence-corrected chi connectivity index (χ0v) is 16.8. The summed E-state index contributed by atoms with van der Waals surface area (Å²) in [6.07, 6.45) is 1.17. The van der Waals surface area contributed by atoms with Gasteiger partial charge in [-0.3, -0.25) is 25.8 Å². The van der Waals surface area contributed by atoms with Crippen LogP contribution < -0.4 is 16.2 Å². The smallest absolute Gasteiger partial charge is 0.334 e. The van der Waals surface area contributed by atoms with E-state index in [4.69, 9.17) is 0 Å². The number of benzene rings is 2. The van der Waals surface area contributed by atoms with Crippen LogP contribution in [-0.4, -0.2) is 20.8 Å². The second-order valence-electron chi connectivity index (χ2n) is 5.70. The fourth-order valence-electron chi connectivity index (χ4n) is 2.42. The monoisotopic (exact) mass is 490 g/mol. The van der Waals surface area contributed by atoms with Gasteiger partial charge in [0.25, 0.3) is 5.91 Å². The summed E-state index contributed by atoms with van der Waals surface area (Å²) >= 11 is 2.16. The molecule has 0 radical (unpaired) electrons. The Morgan fingerprint density at radius 2 is 1.75 bits per heavy atom. The van der Waals surface area contributed by atoms with E-state index in [1.54, 1.807) is 37.3 Å². The van der Waals surface area contributed by atoms with Crippen LogP contribution in [0.5, 0.6) is 0 Å². The highest BCUT2D eigenvalue weighted by Crippen LogP contribution is 2.30. The molecule has 0 atom stereocenters. The highest BCUT2D eigenvalue weighted by atomic mass is 127. The quantitative estimate of drug-likeness (QED) is 0.273. The van der Waals surface area contributed by atoms with Crippen LogP contribution in [0.3, 0.4) is 0 Å². The fraction of sp³-hybridized carbons (Fsp3) is 0.0556. The van der Waals surface area contributed by atoms with E-state index >= 15 is 0 Å². The van der Waals surface area contributed by atoms with Gasteiger partial charge in [-0.2, -0.15) is 0 Å². The third kappa shape index (κ3) is 4.52. The van der Waals surface area contributed by atoms with E-state index in [1.807, 2.05) is 18.2 Å². The highest BCUT2D eigenvalue weighted by Gasteiger charge is 2.24. The summed E-state index contributed by atoms with van der Waals surface area (Å²) in [6, 6.07) is 14.3. The van der Waals surface area contributed by atoms with Gasteiger partial charge in [0, 0.05) is 14.8 Å². The summed E-state index contributed by atoms with van der Waals surface area (Å²) < 4.78 is 1.03. The number of hydrogen-bond donors (Lipinski definition) is 3. The number of hydrazine groups is 1. The fourth-order valence-corrected chi connectivity index (χ4v) is 2.78. The molecule has 0 aliphatic heterocycles. The number of nitro groups is 1. The van der Waals surface area contributed by atoms with Gasteiger partial charge in [0.15, 0.2) is 0 Å². The number of aromatic nitrogens is 2. The molecule has 0 spiro atoms. The van der Waals surface area contributed by atoms with Gasteiger partial charge < -0.3 is 5.32 Å². The Balaban J connectivity index is 1.83. The van der Waals surface area contributed by atoms with Gasteiger partial charge in [0.2, 0.25) is 11.6 Å². The van der Waals surface area contributed by atoms with Crippen molar-refractivity contribution in [2.45, 2.75) is 6.92 Å². The molecule has 0 aliphatic rings. The minimum absolute atomic E-state index is 0.00819. The minimum atomic E-state index is -0.614. The van der Waals surface area contributed by atoms with E-state index in [0.717, 1.165) is 9.13 Å². The van der Waals surface area contributed by atoms with Crippen molar-refractivity contribution in [3.05, 3.63) is 79.7 Å². The molecule has 1 amide bonds. The number of halogens is 1. The van der Waals surface area contributed by atoms with Crippen molar-refractivity contribution < 1.29 is 9.72 Å². The SMILES string of the molecule is Cc1ccccc1C(=O)NNc1ncnc(Nc2ccc(I)cc2)c1[N+](=O)[O-]. The second kappa shape index (κ2) is 8.61. The average Bonchev–Trinajstić information content (AvgIpc) is 2.68. The third-order valence-corrected chi connectivity index (χ3v) is 4.52. The molecule has 2 aromatic carbocycles. The van der Waals surface area contributed by atoms with Gasteiger partial charge in [0.1, 0.15) is 6.33 Å². The van der Waals surface area contributed by atoms with E-state index in [-0.39, 0.29) is 17.3 Å². The summed E-state index contributed by atoms with van der Waals surface area (Å²) in [7, 11) is 0. The van der Waals surface area contributed by atoms with Crippen LogP contribution >= 0.6 is 22.6 Å². The van der Waals surface area contributed by atoms with Crippen molar-refractivity contribution in [3.63, 3.8) is 0 Å². The molecule has 1 heterocycles. The Kier molecular flexibility index (Phi) is 5.99. The maximum Gasteiger partial charge on any atom is 0.355 e. The van der Waals surface area contributed by atoms with Gasteiger partial charge in [-0.15, -0.1) is 0 Å². The topological polar surface area (TPSA) is 122 Å². The number of aryl methyl sites for hydroxylation is 1. The molecule has 3 rings (SSSR count). The molecule has 10 heteroatoms. The molecule has 1 aromatic heterocycles. The molecule has 3 aromatic rings. The lowest BCUT2D eigenvalue weighted by molar-refractivity contribution is -0.383. The minimum Gasteiger partial charge on any atom is -0.334 e. The molecule has 0 bridgehead atoms. The molecule has 0 unspecified atom stereocenters. The lowest BCUT2D eigenvalue weighted by Crippen LogP contribution is -2.30. The Hall–Kier alpha value is -3.28. The summed E-state index contributed by atoms with van der Waals surface area (Å²) in [5.41, 5.74) is 6.44. The molecular formula is C18H15IN6O3. The molecule has 0 saturated carbocycles. The van der Waals surface area contributed by atoms with Crippen molar-refractivity contribution in [2.75, 3.05) is 10.7 Å². The summed E-state index contributed by atoms with van der Waals surface area (Å²) in [5, 5.41) is 14.5. The first-order valence-corrected chi connectivity index (χ1v) is 9.17. The van der Waals surface area contributed by atoms with E-state index in [9.17, 15) is 14.9 Å². The molecule has 0 saturated heterocycles. The Labute approximate surface area is 173 Å². The van der Waals surface area contributed by atoms with Gasteiger partial charge in [0.05, 0.1) is 4.92 Å². The maximum atomic E-state index is 12.3. The predicted molar refractivity (Wildman–Crippen MR) is 113 cm³/mol.